The van der Waals surface area contributed by atoms with E-state index in [1.165, 1.54) is 24.8 Å². The van der Waals surface area contributed by atoms with Gasteiger partial charge in [0.05, 0.1) is 11.9 Å². The molecule has 0 amide bonds. The third-order valence-corrected chi connectivity index (χ3v) is 4.20. The van der Waals surface area contributed by atoms with E-state index in [-0.39, 0.29) is 0 Å². The summed E-state index contributed by atoms with van der Waals surface area (Å²) in [5.74, 6) is 0.772. The fourth-order valence-electron chi connectivity index (χ4n) is 2.78. The maximum atomic E-state index is 4.53. The summed E-state index contributed by atoms with van der Waals surface area (Å²) in [5.41, 5.74) is 2.40. The molecule has 0 saturated heterocycles. The van der Waals surface area contributed by atoms with Crippen molar-refractivity contribution in [2.75, 3.05) is 6.54 Å². The lowest BCUT2D eigenvalue weighted by Crippen LogP contribution is -2.23. The van der Waals surface area contributed by atoms with Gasteiger partial charge in [-0.1, -0.05) is 51.8 Å². The lowest BCUT2D eigenvalue weighted by molar-refractivity contribution is 0.375. The second-order valence-corrected chi connectivity index (χ2v) is 5.58. The fourth-order valence-corrected chi connectivity index (χ4v) is 2.78. The Morgan fingerprint density at radius 2 is 1.81 bits per heavy atom. The van der Waals surface area contributed by atoms with Crippen LogP contribution in [0, 0.1) is 5.92 Å². The van der Waals surface area contributed by atoms with Crippen LogP contribution in [0.1, 0.15) is 51.6 Å². The van der Waals surface area contributed by atoms with Crippen molar-refractivity contribution in [3.05, 3.63) is 48.3 Å². The first kappa shape index (κ1) is 15.8. The molecular formula is C18H27N3. The first-order valence-corrected chi connectivity index (χ1v) is 8.11. The number of nitrogens with one attached hydrogen (secondary N) is 1. The van der Waals surface area contributed by atoms with Crippen molar-refractivity contribution in [2.24, 2.45) is 5.92 Å². The average Bonchev–Trinajstić information content (AvgIpc) is 3.02. The van der Waals surface area contributed by atoms with Crippen molar-refractivity contribution in [2.45, 2.75) is 46.1 Å². The maximum Gasteiger partial charge on any atom is 0.0645 e. The summed E-state index contributed by atoms with van der Waals surface area (Å²) in [4.78, 5) is 0. The quantitative estimate of drug-likeness (QED) is 0.781. The summed E-state index contributed by atoms with van der Waals surface area (Å²) in [6, 6.07) is 10.7. The molecule has 114 valence electrons. The van der Waals surface area contributed by atoms with Gasteiger partial charge in [0.2, 0.25) is 0 Å². The van der Waals surface area contributed by atoms with Gasteiger partial charge in [-0.3, -0.25) is 0 Å². The van der Waals surface area contributed by atoms with Crippen molar-refractivity contribution in [1.82, 2.24) is 15.1 Å². The number of nitrogens with zero attached hydrogens (tertiary/aromatic N) is 2. The molecule has 1 aromatic carbocycles. The van der Waals surface area contributed by atoms with E-state index in [4.69, 9.17) is 0 Å². The first-order chi connectivity index (χ1) is 10.3. The van der Waals surface area contributed by atoms with Crippen LogP contribution in [0.3, 0.4) is 0 Å². The monoisotopic (exact) mass is 285 g/mol. The van der Waals surface area contributed by atoms with E-state index >= 15 is 0 Å². The third-order valence-electron chi connectivity index (χ3n) is 4.20. The topological polar surface area (TPSA) is 29.9 Å². The predicted octanol–water partition coefficient (Wildman–Crippen LogP) is 4.35. The minimum Gasteiger partial charge on any atom is -0.310 e. The molecule has 1 unspecified atom stereocenters. The Morgan fingerprint density at radius 3 is 2.43 bits per heavy atom. The van der Waals surface area contributed by atoms with Gasteiger partial charge in [-0.25, -0.2) is 4.68 Å². The van der Waals surface area contributed by atoms with Crippen LogP contribution in [-0.2, 0) is 0 Å². The number of para-hydroxylation sites is 1. The summed E-state index contributed by atoms with van der Waals surface area (Å²) >= 11 is 0. The number of aromatic nitrogens is 2. The molecule has 0 aliphatic rings. The summed E-state index contributed by atoms with van der Waals surface area (Å²) in [6.45, 7) is 7.72. The summed E-state index contributed by atoms with van der Waals surface area (Å²) in [5, 5.41) is 8.13. The molecule has 0 fully saturated rings. The van der Waals surface area contributed by atoms with Gasteiger partial charge in [0, 0.05) is 17.8 Å². The Bertz CT molecular complexity index is 514. The highest BCUT2D eigenvalue weighted by atomic mass is 15.3. The minimum atomic E-state index is 0.400. The zero-order chi connectivity index (χ0) is 15.1. The van der Waals surface area contributed by atoms with Gasteiger partial charge in [-0.2, -0.15) is 5.10 Å². The lowest BCUT2D eigenvalue weighted by atomic mass is 9.92. The zero-order valence-corrected chi connectivity index (χ0v) is 13.4. The van der Waals surface area contributed by atoms with E-state index < -0.39 is 0 Å². The highest BCUT2D eigenvalue weighted by Gasteiger charge is 2.17. The number of hydrogen-bond acceptors (Lipinski definition) is 2. The van der Waals surface area contributed by atoms with Crippen molar-refractivity contribution in [3.8, 4) is 5.69 Å². The Hall–Kier alpha value is -1.61. The van der Waals surface area contributed by atoms with Gasteiger partial charge >= 0.3 is 0 Å². The van der Waals surface area contributed by atoms with Crippen LogP contribution in [0.25, 0.3) is 5.69 Å². The van der Waals surface area contributed by atoms with Crippen LogP contribution >= 0.6 is 0 Å². The normalized spacial score (nSPS) is 12.8. The van der Waals surface area contributed by atoms with E-state index in [0.29, 0.717) is 6.04 Å². The van der Waals surface area contributed by atoms with Crippen LogP contribution in [0.4, 0.5) is 0 Å². The summed E-state index contributed by atoms with van der Waals surface area (Å²) in [6.07, 6.45) is 7.82. The smallest absolute Gasteiger partial charge is 0.0645 e. The highest BCUT2D eigenvalue weighted by molar-refractivity contribution is 5.31. The number of rotatable bonds is 8. The van der Waals surface area contributed by atoms with Gasteiger partial charge in [0.1, 0.15) is 0 Å². The molecule has 21 heavy (non-hydrogen) atoms. The van der Waals surface area contributed by atoms with Crippen LogP contribution in [-0.4, -0.2) is 16.3 Å². The average molecular weight is 285 g/mol. The van der Waals surface area contributed by atoms with E-state index in [1.807, 2.05) is 29.1 Å². The molecule has 0 bridgehead atoms. The van der Waals surface area contributed by atoms with Crippen molar-refractivity contribution < 1.29 is 0 Å². The number of hydrogen-bond donors (Lipinski definition) is 1. The Morgan fingerprint density at radius 1 is 1.10 bits per heavy atom. The van der Waals surface area contributed by atoms with Crippen molar-refractivity contribution >= 4 is 0 Å². The second kappa shape index (κ2) is 7.99. The van der Waals surface area contributed by atoms with Gasteiger partial charge < -0.3 is 5.32 Å². The molecular weight excluding hydrogens is 258 g/mol. The van der Waals surface area contributed by atoms with Crippen molar-refractivity contribution in [3.63, 3.8) is 0 Å². The maximum absolute atomic E-state index is 4.53. The molecule has 0 aliphatic carbocycles. The van der Waals surface area contributed by atoms with Crippen LogP contribution < -0.4 is 5.32 Å². The number of benzene rings is 1. The summed E-state index contributed by atoms with van der Waals surface area (Å²) < 4.78 is 1.96. The molecule has 1 heterocycles. The van der Waals surface area contributed by atoms with E-state index in [0.717, 1.165) is 18.2 Å². The Balaban J connectivity index is 2.15. The lowest BCUT2D eigenvalue weighted by Gasteiger charge is -2.21. The fraction of sp³-hybridized carbons (Fsp3) is 0.500. The van der Waals surface area contributed by atoms with Gasteiger partial charge in [-0.05, 0) is 31.0 Å². The van der Waals surface area contributed by atoms with E-state index in [1.54, 1.807) is 0 Å². The summed E-state index contributed by atoms with van der Waals surface area (Å²) in [7, 11) is 0. The largest absolute Gasteiger partial charge is 0.310 e. The molecule has 1 N–H and O–H groups in total. The molecule has 0 radical (unpaired) electrons. The molecule has 0 saturated carbocycles. The van der Waals surface area contributed by atoms with Gasteiger partial charge in [-0.15, -0.1) is 0 Å². The highest BCUT2D eigenvalue weighted by Crippen LogP contribution is 2.25. The standard InChI is InChI=1S/C18H27N3/c1-4-15(5-2)12-18(19-6-3)16-13-20-21(14-16)17-10-8-7-9-11-17/h7-11,13-15,18-19H,4-6,12H2,1-3H3. The molecule has 2 rings (SSSR count). The molecule has 0 spiro atoms. The molecule has 1 atom stereocenters. The Kier molecular flexibility index (Phi) is 6.00. The minimum absolute atomic E-state index is 0.400. The van der Waals surface area contributed by atoms with E-state index in [2.05, 4.69) is 49.5 Å². The second-order valence-electron chi connectivity index (χ2n) is 5.58. The molecule has 1 aromatic heterocycles. The molecule has 3 heteroatoms. The molecule has 3 nitrogen and oxygen atoms in total. The van der Waals surface area contributed by atoms with Crippen molar-refractivity contribution in [1.29, 1.82) is 0 Å². The zero-order valence-electron chi connectivity index (χ0n) is 13.4. The van der Waals surface area contributed by atoms with Crippen LogP contribution in [0.2, 0.25) is 0 Å². The van der Waals surface area contributed by atoms with Crippen LogP contribution in [0.5, 0.6) is 0 Å². The first-order valence-electron chi connectivity index (χ1n) is 8.11. The Labute approximate surface area is 128 Å². The molecule has 0 aliphatic heterocycles. The SMILES string of the molecule is CCNC(CC(CC)CC)c1cnn(-c2ccccc2)c1. The van der Waals surface area contributed by atoms with Gasteiger partial charge in [0.25, 0.3) is 0 Å². The van der Waals surface area contributed by atoms with Gasteiger partial charge in [0.15, 0.2) is 0 Å². The van der Waals surface area contributed by atoms with Crippen LogP contribution in [0.15, 0.2) is 42.7 Å². The molecule has 2 aromatic rings. The predicted molar refractivity (Wildman–Crippen MR) is 88.7 cm³/mol. The van der Waals surface area contributed by atoms with E-state index in [9.17, 15) is 0 Å². The third kappa shape index (κ3) is 4.18.